The Bertz CT molecular complexity index is 174. The van der Waals surface area contributed by atoms with Gasteiger partial charge in [0.05, 0.1) is 5.60 Å². The van der Waals surface area contributed by atoms with Gasteiger partial charge in [-0.25, -0.2) is 0 Å². The molecule has 0 bridgehead atoms. The van der Waals surface area contributed by atoms with Crippen LogP contribution in [0.2, 0.25) is 0 Å². The highest BCUT2D eigenvalue weighted by molar-refractivity contribution is 5.72. The van der Waals surface area contributed by atoms with E-state index in [1.165, 1.54) is 0 Å². The number of hydrogen-bond acceptors (Lipinski definition) is 3. The number of rotatable bonds is 5. The van der Waals surface area contributed by atoms with Crippen molar-refractivity contribution in [1.29, 1.82) is 0 Å². The Morgan fingerprint density at radius 3 is 2.31 bits per heavy atom. The molecule has 78 valence electrons. The van der Waals surface area contributed by atoms with Crippen molar-refractivity contribution in [2.24, 2.45) is 0 Å². The fourth-order valence-corrected chi connectivity index (χ4v) is 0.832. The largest absolute Gasteiger partial charge is 0.480 e. The summed E-state index contributed by atoms with van der Waals surface area (Å²) in [5.41, 5.74) is -0.730. The molecule has 0 amide bonds. The van der Waals surface area contributed by atoms with Gasteiger partial charge in [-0.15, -0.1) is 0 Å². The van der Waals surface area contributed by atoms with Crippen LogP contribution in [0.5, 0.6) is 0 Å². The quantitative estimate of drug-likeness (QED) is 0.663. The molecule has 2 N–H and O–H groups in total. The molecule has 0 aliphatic rings. The molecule has 0 aliphatic heterocycles. The minimum atomic E-state index is -0.835. The molecule has 0 aliphatic carbocycles. The summed E-state index contributed by atoms with van der Waals surface area (Å²) < 4.78 is 0. The first-order valence-corrected chi connectivity index (χ1v) is 4.39. The van der Waals surface area contributed by atoms with Gasteiger partial charge in [0.15, 0.2) is 0 Å². The molecule has 0 aromatic rings. The minimum Gasteiger partial charge on any atom is -0.480 e. The molecule has 0 spiro atoms. The number of nitrogens with zero attached hydrogens (tertiary/aromatic N) is 1. The van der Waals surface area contributed by atoms with Gasteiger partial charge < -0.3 is 10.2 Å². The second-order valence-corrected chi connectivity index (χ2v) is 4.06. The molecule has 1 unspecified atom stereocenters. The van der Waals surface area contributed by atoms with Crippen LogP contribution in [0, 0.1) is 0 Å². The molecular weight excluding hydrogens is 170 g/mol. The number of likely N-dealkylation sites (N-methyl/N-ethyl adjacent to an activating group) is 1. The van der Waals surface area contributed by atoms with Crippen LogP contribution in [0.25, 0.3) is 0 Å². The Morgan fingerprint density at radius 1 is 1.54 bits per heavy atom. The summed E-state index contributed by atoms with van der Waals surface area (Å²) in [6, 6.07) is -0.498. The van der Waals surface area contributed by atoms with Crippen LogP contribution in [0.4, 0.5) is 0 Å². The van der Waals surface area contributed by atoms with E-state index >= 15 is 0 Å². The molecule has 1 atom stereocenters. The Hall–Kier alpha value is -0.610. The normalized spacial score (nSPS) is 14.6. The average Bonchev–Trinajstić information content (AvgIpc) is 1.97. The Balaban J connectivity index is 3.88. The van der Waals surface area contributed by atoms with Crippen LogP contribution < -0.4 is 0 Å². The third-order valence-electron chi connectivity index (χ3n) is 2.09. The lowest BCUT2D eigenvalue weighted by Crippen LogP contribution is -2.38. The summed E-state index contributed by atoms with van der Waals surface area (Å²) in [5, 5.41) is 18.1. The van der Waals surface area contributed by atoms with Crippen molar-refractivity contribution in [3.63, 3.8) is 0 Å². The lowest BCUT2D eigenvalue weighted by atomic mass is 10.1. The lowest BCUT2D eigenvalue weighted by molar-refractivity contribution is -0.142. The number of aliphatic hydroxyl groups is 1. The zero-order chi connectivity index (χ0) is 10.6. The van der Waals surface area contributed by atoms with Gasteiger partial charge in [0, 0.05) is 6.54 Å². The van der Waals surface area contributed by atoms with E-state index in [4.69, 9.17) is 5.11 Å². The van der Waals surface area contributed by atoms with E-state index in [1.807, 2.05) is 0 Å². The molecular formula is C9H19NO3. The van der Waals surface area contributed by atoms with Crippen molar-refractivity contribution in [1.82, 2.24) is 4.90 Å². The van der Waals surface area contributed by atoms with Crippen LogP contribution in [-0.2, 0) is 4.79 Å². The van der Waals surface area contributed by atoms with Gasteiger partial charge in [-0.3, -0.25) is 9.69 Å². The van der Waals surface area contributed by atoms with E-state index in [0.29, 0.717) is 13.0 Å². The van der Waals surface area contributed by atoms with Gasteiger partial charge in [-0.2, -0.15) is 0 Å². The number of carbonyl (C=O) groups is 1. The first-order valence-electron chi connectivity index (χ1n) is 4.39. The third kappa shape index (κ3) is 5.60. The number of hydrogen-bond donors (Lipinski definition) is 2. The first kappa shape index (κ1) is 12.4. The molecule has 0 radical (unpaired) electrons. The first-order chi connectivity index (χ1) is 5.74. The molecule has 0 saturated carbocycles. The topological polar surface area (TPSA) is 60.8 Å². The van der Waals surface area contributed by atoms with Crippen LogP contribution in [-0.4, -0.2) is 46.3 Å². The SMILES string of the molecule is CC(C(=O)O)N(C)CCC(C)(C)O. The second kappa shape index (κ2) is 4.58. The van der Waals surface area contributed by atoms with E-state index in [0.717, 1.165) is 0 Å². The van der Waals surface area contributed by atoms with Gasteiger partial charge in [0.1, 0.15) is 6.04 Å². The van der Waals surface area contributed by atoms with Crippen LogP contribution in [0.1, 0.15) is 27.2 Å². The summed E-state index contributed by atoms with van der Waals surface area (Å²) >= 11 is 0. The van der Waals surface area contributed by atoms with Crippen molar-refractivity contribution in [2.75, 3.05) is 13.6 Å². The number of carboxylic acid groups (broad SMARTS) is 1. The van der Waals surface area contributed by atoms with E-state index < -0.39 is 17.6 Å². The van der Waals surface area contributed by atoms with Crippen LogP contribution >= 0.6 is 0 Å². The van der Waals surface area contributed by atoms with Crippen molar-refractivity contribution in [2.45, 2.75) is 38.8 Å². The highest BCUT2D eigenvalue weighted by atomic mass is 16.4. The molecule has 0 fully saturated rings. The van der Waals surface area contributed by atoms with E-state index in [1.54, 1.807) is 32.7 Å². The third-order valence-corrected chi connectivity index (χ3v) is 2.09. The zero-order valence-electron chi connectivity index (χ0n) is 8.74. The lowest BCUT2D eigenvalue weighted by Gasteiger charge is -2.25. The highest BCUT2D eigenvalue weighted by Crippen LogP contribution is 2.08. The molecule has 0 aromatic heterocycles. The van der Waals surface area contributed by atoms with E-state index in [9.17, 15) is 9.90 Å². The predicted molar refractivity (Wildman–Crippen MR) is 50.6 cm³/mol. The summed E-state index contributed by atoms with van der Waals surface area (Å²) in [4.78, 5) is 12.3. The fraction of sp³-hybridized carbons (Fsp3) is 0.889. The van der Waals surface area contributed by atoms with Crippen molar-refractivity contribution in [3.8, 4) is 0 Å². The van der Waals surface area contributed by atoms with Gasteiger partial charge in [-0.1, -0.05) is 0 Å². The van der Waals surface area contributed by atoms with Gasteiger partial charge in [-0.05, 0) is 34.2 Å². The van der Waals surface area contributed by atoms with Crippen molar-refractivity contribution in [3.05, 3.63) is 0 Å². The van der Waals surface area contributed by atoms with E-state index in [-0.39, 0.29) is 0 Å². The summed E-state index contributed by atoms with van der Waals surface area (Å²) in [5.74, 6) is -0.835. The molecule has 0 rings (SSSR count). The standard InChI is InChI=1S/C9H19NO3/c1-7(8(11)12)10(4)6-5-9(2,3)13/h7,13H,5-6H2,1-4H3,(H,11,12). The minimum absolute atomic E-state index is 0.498. The molecule has 4 heteroatoms. The van der Waals surface area contributed by atoms with Crippen LogP contribution in [0.3, 0.4) is 0 Å². The van der Waals surface area contributed by atoms with Crippen molar-refractivity contribution < 1.29 is 15.0 Å². The molecule has 0 heterocycles. The fourth-order valence-electron chi connectivity index (χ4n) is 0.832. The Kier molecular flexibility index (Phi) is 4.36. The van der Waals surface area contributed by atoms with Crippen molar-refractivity contribution >= 4 is 5.97 Å². The number of aliphatic carboxylic acids is 1. The summed E-state index contributed by atoms with van der Waals surface area (Å²) in [7, 11) is 1.74. The maximum Gasteiger partial charge on any atom is 0.320 e. The van der Waals surface area contributed by atoms with Crippen LogP contribution in [0.15, 0.2) is 0 Å². The second-order valence-electron chi connectivity index (χ2n) is 4.06. The van der Waals surface area contributed by atoms with E-state index in [2.05, 4.69) is 0 Å². The van der Waals surface area contributed by atoms with Gasteiger partial charge in [0.2, 0.25) is 0 Å². The monoisotopic (exact) mass is 189 g/mol. The molecule has 13 heavy (non-hydrogen) atoms. The zero-order valence-corrected chi connectivity index (χ0v) is 8.74. The average molecular weight is 189 g/mol. The predicted octanol–water partition coefficient (Wildman–Crippen LogP) is 0.552. The Labute approximate surface area is 79.2 Å². The highest BCUT2D eigenvalue weighted by Gasteiger charge is 2.19. The summed E-state index contributed by atoms with van der Waals surface area (Å²) in [6.07, 6.45) is 0.571. The van der Waals surface area contributed by atoms with Gasteiger partial charge >= 0.3 is 5.97 Å². The maximum atomic E-state index is 10.6. The molecule has 0 saturated heterocycles. The van der Waals surface area contributed by atoms with Gasteiger partial charge in [0.25, 0.3) is 0 Å². The molecule has 4 nitrogen and oxygen atoms in total. The Morgan fingerprint density at radius 2 is 2.00 bits per heavy atom. The number of carboxylic acids is 1. The molecule has 0 aromatic carbocycles. The smallest absolute Gasteiger partial charge is 0.320 e. The maximum absolute atomic E-state index is 10.6. The summed E-state index contributed by atoms with van der Waals surface area (Å²) in [6.45, 7) is 5.64.